The zero-order chi connectivity index (χ0) is 7.49. The van der Waals surface area contributed by atoms with Gasteiger partial charge in [0.05, 0.1) is 0 Å². The van der Waals surface area contributed by atoms with Crippen LogP contribution in [0, 0.1) is 5.21 Å². The van der Waals surface area contributed by atoms with Crippen LogP contribution in [0.25, 0.3) is 0 Å². The van der Waals surface area contributed by atoms with Crippen molar-refractivity contribution in [2.45, 2.75) is 0 Å². The molecule has 0 unspecified atom stereocenters. The van der Waals surface area contributed by atoms with Gasteiger partial charge >= 0.3 is 7.60 Å². The SMILES string of the molecule is O=C(CP(=O)(O)O)N[O-]. The number of carbonyl (C=O) groups is 1. The summed E-state index contributed by atoms with van der Waals surface area (Å²) >= 11 is 0. The van der Waals surface area contributed by atoms with E-state index in [4.69, 9.17) is 9.79 Å². The maximum absolute atomic E-state index is 9.91. The molecule has 0 heterocycles. The van der Waals surface area contributed by atoms with Gasteiger partial charge in [-0.2, -0.15) is 0 Å². The highest BCUT2D eigenvalue weighted by molar-refractivity contribution is 7.52. The van der Waals surface area contributed by atoms with Crippen molar-refractivity contribution in [3.63, 3.8) is 0 Å². The molecule has 0 aliphatic heterocycles. The maximum Gasteiger partial charge on any atom is 0.334 e. The van der Waals surface area contributed by atoms with E-state index in [1.807, 2.05) is 0 Å². The molecule has 3 N–H and O–H groups in total. The van der Waals surface area contributed by atoms with Crippen molar-refractivity contribution in [2.24, 2.45) is 0 Å². The Labute approximate surface area is 50.6 Å². The van der Waals surface area contributed by atoms with Crippen LogP contribution in [0.5, 0.6) is 0 Å². The molecule has 0 fully saturated rings. The summed E-state index contributed by atoms with van der Waals surface area (Å²) in [4.78, 5) is 26.0. The van der Waals surface area contributed by atoms with Crippen LogP contribution in [0.4, 0.5) is 0 Å². The van der Waals surface area contributed by atoms with Crippen LogP contribution in [0.2, 0.25) is 0 Å². The van der Waals surface area contributed by atoms with Gasteiger partial charge in [0, 0.05) is 0 Å². The summed E-state index contributed by atoms with van der Waals surface area (Å²) in [5, 5.41) is 9.36. The molecule has 0 saturated carbocycles. The zero-order valence-corrected chi connectivity index (χ0v) is 5.17. The molecule has 1 amide bonds. The van der Waals surface area contributed by atoms with Crippen LogP contribution < -0.4 is 5.48 Å². The first-order valence-corrected chi connectivity index (χ1v) is 3.71. The molecular weight excluding hydrogens is 149 g/mol. The van der Waals surface area contributed by atoms with Crippen molar-refractivity contribution in [1.82, 2.24) is 5.48 Å². The van der Waals surface area contributed by atoms with E-state index < -0.39 is 19.7 Å². The van der Waals surface area contributed by atoms with E-state index in [2.05, 4.69) is 0 Å². The van der Waals surface area contributed by atoms with Gasteiger partial charge in [0.2, 0.25) is 5.91 Å². The van der Waals surface area contributed by atoms with Gasteiger partial charge in [-0.1, -0.05) is 0 Å². The maximum atomic E-state index is 9.91. The average molecular weight is 154 g/mol. The van der Waals surface area contributed by atoms with Crippen molar-refractivity contribution in [2.75, 3.05) is 6.16 Å². The van der Waals surface area contributed by atoms with Crippen LogP contribution in [0.3, 0.4) is 0 Å². The molecule has 0 rings (SSSR count). The van der Waals surface area contributed by atoms with Gasteiger partial charge in [0.1, 0.15) is 6.16 Å². The lowest BCUT2D eigenvalue weighted by Gasteiger charge is -2.06. The Bertz CT molecular complexity index is 149. The first kappa shape index (κ1) is 8.58. The van der Waals surface area contributed by atoms with Gasteiger partial charge < -0.3 is 20.5 Å². The van der Waals surface area contributed by atoms with E-state index in [9.17, 15) is 14.6 Å². The third kappa shape index (κ3) is 5.45. The van der Waals surface area contributed by atoms with Gasteiger partial charge in [0.15, 0.2) is 0 Å². The Morgan fingerprint density at radius 3 is 2.22 bits per heavy atom. The average Bonchev–Trinajstić information content (AvgIpc) is 1.62. The molecule has 0 aromatic rings. The summed E-state index contributed by atoms with van der Waals surface area (Å²) in [6.45, 7) is 0. The molecule has 0 spiro atoms. The van der Waals surface area contributed by atoms with E-state index in [0.717, 1.165) is 5.48 Å². The fourth-order valence-electron chi connectivity index (χ4n) is 0.219. The molecule has 0 radical (unpaired) electrons. The standard InChI is InChI=1S/C2H5NO5P/c4-2(3-5)1-9(6,7)8/h1H2,(H3-,3,4,5,6,7,8)/q-1. The molecule has 0 saturated heterocycles. The van der Waals surface area contributed by atoms with E-state index >= 15 is 0 Å². The Morgan fingerprint density at radius 2 is 2.11 bits per heavy atom. The van der Waals surface area contributed by atoms with Crippen molar-refractivity contribution < 1.29 is 19.1 Å². The van der Waals surface area contributed by atoms with E-state index in [1.165, 1.54) is 0 Å². The lowest BCUT2D eigenvalue weighted by atomic mass is 10.8. The van der Waals surface area contributed by atoms with E-state index in [1.54, 1.807) is 0 Å². The summed E-state index contributed by atoms with van der Waals surface area (Å²) in [5.74, 6) is -1.21. The zero-order valence-electron chi connectivity index (χ0n) is 4.27. The predicted octanol–water partition coefficient (Wildman–Crippen LogP) is -1.22. The van der Waals surface area contributed by atoms with E-state index in [0.29, 0.717) is 0 Å². The largest absolute Gasteiger partial charge is 0.759 e. The number of hydroxylamine groups is 1. The molecule has 0 aromatic heterocycles. The molecule has 54 valence electrons. The number of amides is 1. The molecule has 0 bridgehead atoms. The minimum Gasteiger partial charge on any atom is -0.759 e. The van der Waals surface area contributed by atoms with Crippen molar-refractivity contribution in [3.8, 4) is 0 Å². The summed E-state index contributed by atoms with van der Waals surface area (Å²) in [6, 6.07) is 0. The summed E-state index contributed by atoms with van der Waals surface area (Å²) in [5.41, 5.74) is 0.840. The van der Waals surface area contributed by atoms with Crippen LogP contribution in [0.15, 0.2) is 0 Å². The quantitative estimate of drug-likeness (QED) is 0.341. The third-order valence-electron chi connectivity index (χ3n) is 0.463. The molecule has 0 aliphatic rings. The second-order valence-electron chi connectivity index (χ2n) is 1.35. The normalized spacial score (nSPS) is 11.0. The Kier molecular flexibility index (Phi) is 2.80. The van der Waals surface area contributed by atoms with Gasteiger partial charge in [-0.05, 0) is 0 Å². The van der Waals surface area contributed by atoms with Gasteiger partial charge in [-0.25, -0.2) is 0 Å². The molecule has 0 aromatic carbocycles. The molecule has 6 nitrogen and oxygen atoms in total. The number of hydrogen-bond donors (Lipinski definition) is 3. The van der Waals surface area contributed by atoms with Crippen LogP contribution in [-0.2, 0) is 9.36 Å². The van der Waals surface area contributed by atoms with Crippen LogP contribution >= 0.6 is 7.60 Å². The molecule has 7 heteroatoms. The lowest BCUT2D eigenvalue weighted by molar-refractivity contribution is -0.117. The Hall–Kier alpha value is -0.420. The van der Waals surface area contributed by atoms with Crippen molar-refractivity contribution in [3.05, 3.63) is 5.21 Å². The van der Waals surface area contributed by atoms with Gasteiger partial charge in [-0.15, -0.1) is 0 Å². The number of rotatable bonds is 2. The summed E-state index contributed by atoms with van der Waals surface area (Å²) in [7, 11) is -4.35. The number of carbonyl (C=O) groups excluding carboxylic acids is 1. The molecule has 9 heavy (non-hydrogen) atoms. The number of nitrogens with one attached hydrogen (secondary N) is 1. The van der Waals surface area contributed by atoms with Crippen molar-refractivity contribution >= 4 is 13.5 Å². The Morgan fingerprint density at radius 1 is 1.67 bits per heavy atom. The topological polar surface area (TPSA) is 110 Å². The van der Waals surface area contributed by atoms with Crippen LogP contribution in [0.1, 0.15) is 0 Å². The summed E-state index contributed by atoms with van der Waals surface area (Å²) in [6.07, 6.45) is -1.05. The Balaban J connectivity index is 3.75. The fraction of sp³-hybridized carbons (Fsp3) is 0.500. The second kappa shape index (κ2) is 2.93. The fourth-order valence-corrected chi connectivity index (χ4v) is 0.658. The van der Waals surface area contributed by atoms with Gasteiger partial charge in [0.25, 0.3) is 0 Å². The highest BCUT2D eigenvalue weighted by Gasteiger charge is 2.16. The van der Waals surface area contributed by atoms with Crippen molar-refractivity contribution in [1.29, 1.82) is 0 Å². The second-order valence-corrected chi connectivity index (χ2v) is 2.99. The minimum atomic E-state index is -4.35. The number of hydrogen-bond acceptors (Lipinski definition) is 3. The first-order valence-electron chi connectivity index (χ1n) is 1.91. The highest BCUT2D eigenvalue weighted by Crippen LogP contribution is 2.33. The monoisotopic (exact) mass is 154 g/mol. The lowest BCUT2D eigenvalue weighted by Crippen LogP contribution is -2.19. The molecule has 0 aliphatic carbocycles. The summed E-state index contributed by atoms with van der Waals surface area (Å²) < 4.78 is 9.90. The predicted molar refractivity (Wildman–Crippen MR) is 28.4 cm³/mol. The minimum absolute atomic E-state index is 0.840. The van der Waals surface area contributed by atoms with Gasteiger partial charge in [-0.3, -0.25) is 9.36 Å². The first-order chi connectivity index (χ1) is 3.95. The highest BCUT2D eigenvalue weighted by atomic mass is 31.2. The molecular formula is C2H5NO5P-. The third-order valence-corrected chi connectivity index (χ3v) is 1.16. The molecule has 0 atom stereocenters. The van der Waals surface area contributed by atoms with E-state index in [-0.39, 0.29) is 0 Å². The smallest absolute Gasteiger partial charge is 0.334 e. The van der Waals surface area contributed by atoms with Crippen LogP contribution in [-0.4, -0.2) is 21.9 Å².